The Bertz CT molecular complexity index is 2350. The van der Waals surface area contributed by atoms with Crippen molar-refractivity contribution in [1.29, 1.82) is 0 Å². The van der Waals surface area contributed by atoms with Crippen LogP contribution in [0.15, 0.2) is 94.0 Å². The monoisotopic (exact) mass is 720 g/mol. The Balaban J connectivity index is 1.52. The van der Waals surface area contributed by atoms with E-state index < -0.39 is 18.0 Å². The Hall–Kier alpha value is -5.75. The van der Waals surface area contributed by atoms with Crippen LogP contribution in [0.3, 0.4) is 0 Å². The fourth-order valence-corrected chi connectivity index (χ4v) is 7.09. The first-order valence-corrected chi connectivity index (χ1v) is 17.9. The van der Waals surface area contributed by atoms with E-state index >= 15 is 0 Å². The smallest absolute Gasteiger partial charge is 0.338 e. The number of esters is 2. The first-order valence-electron chi connectivity index (χ1n) is 17.1. The number of methoxy groups -OCH3 is 1. The molecule has 0 N–H and O–H groups in total. The van der Waals surface area contributed by atoms with Gasteiger partial charge in [0, 0.05) is 24.2 Å². The molecule has 0 saturated carbocycles. The molecule has 0 aliphatic carbocycles. The lowest BCUT2D eigenvalue weighted by Crippen LogP contribution is -2.40. The number of carbonyl (C=O) groups is 2. The van der Waals surface area contributed by atoms with E-state index in [-0.39, 0.29) is 29.2 Å². The molecule has 1 atom stereocenters. The number of allylic oxidation sites excluding steroid dienone is 1. The molecule has 0 bridgehead atoms. The van der Waals surface area contributed by atoms with E-state index in [0.29, 0.717) is 32.9 Å². The van der Waals surface area contributed by atoms with Gasteiger partial charge in [-0.3, -0.25) is 14.2 Å². The van der Waals surface area contributed by atoms with E-state index in [2.05, 4.69) is 6.92 Å². The summed E-state index contributed by atoms with van der Waals surface area (Å²) in [5.74, 6) is 0.198. The van der Waals surface area contributed by atoms with Gasteiger partial charge in [0.05, 0.1) is 47.9 Å². The summed E-state index contributed by atoms with van der Waals surface area (Å²) in [6.07, 6.45) is 5.73. The van der Waals surface area contributed by atoms with Crippen molar-refractivity contribution >= 4 is 29.4 Å². The fraction of sp³-hybridized carbons (Fsp3) is 0.275. The van der Waals surface area contributed by atoms with Gasteiger partial charge in [-0.25, -0.2) is 14.5 Å². The SMILES string of the molecule is CCCCOc1ccc(-c2nn(-c3ccccc3)cc2C=c2sc3n(c2=O)C(c2ccc(OC(C)=O)c(OC)c2)C(C(=O)OCC)=C(C)N=3)cc1C. The average molecular weight is 721 g/mol. The third-order valence-electron chi connectivity index (χ3n) is 8.53. The second kappa shape index (κ2) is 15.6. The molecule has 1 unspecified atom stereocenters. The molecule has 11 nitrogen and oxygen atoms in total. The summed E-state index contributed by atoms with van der Waals surface area (Å²) in [6.45, 7) is 9.66. The minimum Gasteiger partial charge on any atom is -0.493 e. The molecule has 52 heavy (non-hydrogen) atoms. The molecule has 5 aromatic rings. The second-order valence-electron chi connectivity index (χ2n) is 12.2. The number of unbranched alkanes of at least 4 members (excludes halogenated alkanes) is 1. The van der Waals surface area contributed by atoms with Gasteiger partial charge in [-0.2, -0.15) is 5.10 Å². The summed E-state index contributed by atoms with van der Waals surface area (Å²) < 4.78 is 26.0. The number of aromatic nitrogens is 3. The van der Waals surface area contributed by atoms with Crippen LogP contribution in [0.25, 0.3) is 23.0 Å². The zero-order valence-electron chi connectivity index (χ0n) is 30.0. The van der Waals surface area contributed by atoms with Gasteiger partial charge in [0.2, 0.25) is 0 Å². The van der Waals surface area contributed by atoms with Crippen molar-refractivity contribution in [3.05, 3.63) is 121 Å². The maximum Gasteiger partial charge on any atom is 0.338 e. The zero-order chi connectivity index (χ0) is 36.9. The summed E-state index contributed by atoms with van der Waals surface area (Å²) >= 11 is 1.22. The molecule has 1 aliphatic rings. The van der Waals surface area contributed by atoms with E-state index in [0.717, 1.165) is 41.0 Å². The molecule has 3 aromatic carbocycles. The molecule has 1 aliphatic heterocycles. The van der Waals surface area contributed by atoms with Crippen LogP contribution >= 0.6 is 11.3 Å². The number of hydrogen-bond acceptors (Lipinski definition) is 10. The molecule has 0 saturated heterocycles. The number of fused-ring (bicyclic) bond motifs is 1. The normalized spacial score (nSPS) is 14.1. The van der Waals surface area contributed by atoms with Crippen LogP contribution in [0.1, 0.15) is 63.3 Å². The molecular weight excluding hydrogens is 681 g/mol. The second-order valence-corrected chi connectivity index (χ2v) is 13.2. The van der Waals surface area contributed by atoms with Gasteiger partial charge in [0.1, 0.15) is 11.4 Å². The van der Waals surface area contributed by atoms with Gasteiger partial charge in [0.15, 0.2) is 16.3 Å². The van der Waals surface area contributed by atoms with Crippen molar-refractivity contribution in [3.63, 3.8) is 0 Å². The van der Waals surface area contributed by atoms with Crippen LogP contribution < -0.4 is 29.1 Å². The zero-order valence-corrected chi connectivity index (χ0v) is 30.8. The topological polar surface area (TPSA) is 123 Å². The summed E-state index contributed by atoms with van der Waals surface area (Å²) in [7, 11) is 1.45. The van der Waals surface area contributed by atoms with Crippen molar-refractivity contribution in [1.82, 2.24) is 14.3 Å². The van der Waals surface area contributed by atoms with E-state index in [1.165, 1.54) is 29.9 Å². The van der Waals surface area contributed by atoms with Gasteiger partial charge < -0.3 is 18.9 Å². The number of aryl methyl sites for hydroxylation is 1. The summed E-state index contributed by atoms with van der Waals surface area (Å²) in [5, 5.41) is 4.98. The van der Waals surface area contributed by atoms with Crippen LogP contribution in [-0.4, -0.2) is 46.6 Å². The molecule has 0 fully saturated rings. The molecule has 0 amide bonds. The van der Waals surface area contributed by atoms with Crippen molar-refractivity contribution in [2.75, 3.05) is 20.3 Å². The van der Waals surface area contributed by atoms with Gasteiger partial charge in [-0.05, 0) is 86.9 Å². The standard InChI is InChI=1S/C40H40N4O7S/c1-7-9-19-50-31-17-15-27(20-24(31)3)36-29(23-43(42-36)30-13-11-10-12-14-30)22-34-38(46)44-37(28-16-18-32(51-26(5)45)33(21-28)48-6)35(39(47)49-8-2)25(4)41-40(44)52-34/h10-18,20-23,37H,7-9,19H2,1-6H3. The predicted molar refractivity (Wildman–Crippen MR) is 199 cm³/mol. The van der Waals surface area contributed by atoms with E-state index in [9.17, 15) is 14.4 Å². The Morgan fingerprint density at radius 2 is 1.75 bits per heavy atom. The number of ether oxygens (including phenoxy) is 4. The van der Waals surface area contributed by atoms with Gasteiger partial charge in [0.25, 0.3) is 5.56 Å². The quantitative estimate of drug-likeness (QED) is 0.0865. The molecule has 0 spiro atoms. The van der Waals surface area contributed by atoms with Crippen molar-refractivity contribution in [3.8, 4) is 34.2 Å². The van der Waals surface area contributed by atoms with E-state index in [4.69, 9.17) is 29.0 Å². The number of rotatable bonds is 12. The maximum absolute atomic E-state index is 14.5. The number of para-hydroxylation sites is 1. The summed E-state index contributed by atoms with van der Waals surface area (Å²) in [5.41, 5.74) is 4.96. The summed E-state index contributed by atoms with van der Waals surface area (Å²) in [4.78, 5) is 44.9. The van der Waals surface area contributed by atoms with Crippen LogP contribution in [-0.2, 0) is 14.3 Å². The van der Waals surface area contributed by atoms with Crippen LogP contribution in [0.4, 0.5) is 0 Å². The van der Waals surface area contributed by atoms with Crippen molar-refractivity contribution in [2.24, 2.45) is 4.99 Å². The first kappa shape index (κ1) is 36.1. The Morgan fingerprint density at radius 3 is 2.44 bits per heavy atom. The minimum absolute atomic E-state index is 0.140. The van der Waals surface area contributed by atoms with Crippen LogP contribution in [0.2, 0.25) is 0 Å². The van der Waals surface area contributed by atoms with Crippen molar-refractivity contribution in [2.45, 2.75) is 53.5 Å². The van der Waals surface area contributed by atoms with Gasteiger partial charge >= 0.3 is 11.9 Å². The molecule has 6 rings (SSSR count). The van der Waals surface area contributed by atoms with Crippen LogP contribution in [0.5, 0.6) is 17.2 Å². The molecule has 0 radical (unpaired) electrons. The Morgan fingerprint density at radius 1 is 0.981 bits per heavy atom. The minimum atomic E-state index is -0.896. The Labute approximate surface area is 305 Å². The maximum atomic E-state index is 14.5. The molecule has 12 heteroatoms. The third-order valence-corrected chi connectivity index (χ3v) is 9.51. The van der Waals surface area contributed by atoms with Crippen LogP contribution in [0, 0.1) is 6.92 Å². The molecule has 3 heterocycles. The largest absolute Gasteiger partial charge is 0.493 e. The number of carbonyl (C=O) groups excluding carboxylic acids is 2. The van der Waals surface area contributed by atoms with E-state index in [1.54, 1.807) is 36.7 Å². The van der Waals surface area contributed by atoms with Gasteiger partial charge in [-0.15, -0.1) is 0 Å². The van der Waals surface area contributed by atoms with E-state index in [1.807, 2.05) is 67.7 Å². The highest BCUT2D eigenvalue weighted by Crippen LogP contribution is 2.36. The first-order chi connectivity index (χ1) is 25.1. The summed E-state index contributed by atoms with van der Waals surface area (Å²) in [6, 6.07) is 19.8. The number of nitrogens with zero attached hydrogens (tertiary/aromatic N) is 4. The molecule has 268 valence electrons. The predicted octanol–water partition coefficient (Wildman–Crippen LogP) is 6.07. The third kappa shape index (κ3) is 7.33. The average Bonchev–Trinajstić information content (AvgIpc) is 3.69. The van der Waals surface area contributed by atoms with Gasteiger partial charge in [-0.1, -0.05) is 48.9 Å². The van der Waals surface area contributed by atoms with Crippen molar-refractivity contribution < 1.29 is 28.5 Å². The lowest BCUT2D eigenvalue weighted by Gasteiger charge is -2.25. The lowest BCUT2D eigenvalue weighted by molar-refractivity contribution is -0.139. The fourth-order valence-electron chi connectivity index (χ4n) is 6.06. The highest BCUT2D eigenvalue weighted by atomic mass is 32.1. The Kier molecular flexibility index (Phi) is 10.8. The highest BCUT2D eigenvalue weighted by molar-refractivity contribution is 7.07. The molecular formula is C40H40N4O7S. The number of benzene rings is 3. The number of thiazole rings is 1. The lowest BCUT2D eigenvalue weighted by atomic mass is 9.95. The highest BCUT2D eigenvalue weighted by Gasteiger charge is 2.34. The molecule has 2 aromatic heterocycles. The number of hydrogen-bond donors (Lipinski definition) is 0.